The van der Waals surface area contributed by atoms with E-state index in [0.717, 1.165) is 41.5 Å². The summed E-state index contributed by atoms with van der Waals surface area (Å²) in [5.41, 5.74) is 3.36. The van der Waals surface area contributed by atoms with Crippen LogP contribution >= 0.6 is 0 Å². The number of likely N-dealkylation sites (N-methyl/N-ethyl adjacent to an activating group) is 1. The van der Waals surface area contributed by atoms with Gasteiger partial charge in [0.25, 0.3) is 0 Å². The molecule has 3 rings (SSSR count). The van der Waals surface area contributed by atoms with E-state index in [2.05, 4.69) is 16.4 Å². The number of benzene rings is 1. The van der Waals surface area contributed by atoms with E-state index in [1.807, 2.05) is 36.9 Å². The van der Waals surface area contributed by atoms with E-state index in [9.17, 15) is 10.1 Å². The molecule has 1 saturated carbocycles. The van der Waals surface area contributed by atoms with E-state index in [1.165, 1.54) is 0 Å². The maximum Gasteiger partial charge on any atom is 0.317 e. The van der Waals surface area contributed by atoms with Gasteiger partial charge in [-0.05, 0) is 38.4 Å². The Bertz CT molecular complexity index is 837. The Kier molecular flexibility index (Phi) is 4.86. The van der Waals surface area contributed by atoms with Gasteiger partial charge in [0.2, 0.25) is 0 Å². The zero-order chi connectivity index (χ0) is 18.0. The Morgan fingerprint density at radius 1 is 1.48 bits per heavy atom. The molecule has 1 aliphatic rings. The third-order valence-electron chi connectivity index (χ3n) is 4.87. The average Bonchev–Trinajstić information content (AvgIpc) is 2.55. The molecule has 0 amide bonds. The second-order valence-electron chi connectivity index (χ2n) is 6.60. The summed E-state index contributed by atoms with van der Waals surface area (Å²) >= 11 is 0. The lowest BCUT2D eigenvalue weighted by atomic mass is 9.85. The largest absolute Gasteiger partial charge is 0.480 e. The first-order chi connectivity index (χ1) is 12.0. The van der Waals surface area contributed by atoms with Crippen LogP contribution in [-0.2, 0) is 4.79 Å². The van der Waals surface area contributed by atoms with Crippen LogP contribution in [0.5, 0.6) is 0 Å². The highest BCUT2D eigenvalue weighted by Gasteiger charge is 2.34. The minimum atomic E-state index is -0.791. The van der Waals surface area contributed by atoms with E-state index in [0.29, 0.717) is 5.56 Å². The first kappa shape index (κ1) is 17.2. The Morgan fingerprint density at radius 3 is 2.88 bits per heavy atom. The minimum Gasteiger partial charge on any atom is -0.480 e. The van der Waals surface area contributed by atoms with E-state index < -0.39 is 5.97 Å². The van der Waals surface area contributed by atoms with Crippen LogP contribution in [0.4, 0.5) is 5.69 Å². The second kappa shape index (κ2) is 7.08. The first-order valence-corrected chi connectivity index (χ1v) is 8.53. The van der Waals surface area contributed by atoms with Crippen LogP contribution in [-0.4, -0.2) is 46.1 Å². The van der Waals surface area contributed by atoms with Crippen molar-refractivity contribution in [1.82, 2.24) is 9.88 Å². The third-order valence-corrected chi connectivity index (χ3v) is 4.87. The molecule has 6 nitrogen and oxygen atoms in total. The minimum absolute atomic E-state index is 0.0781. The van der Waals surface area contributed by atoms with Crippen molar-refractivity contribution in [3.63, 3.8) is 0 Å². The summed E-state index contributed by atoms with van der Waals surface area (Å²) in [5.74, 6) is -0.791. The van der Waals surface area contributed by atoms with E-state index in [4.69, 9.17) is 5.11 Å². The van der Waals surface area contributed by atoms with Crippen molar-refractivity contribution in [2.24, 2.45) is 0 Å². The molecule has 2 aromatic rings. The lowest BCUT2D eigenvalue weighted by molar-refractivity contribution is -0.139. The number of aromatic nitrogens is 1. The lowest BCUT2D eigenvalue weighted by Gasteiger charge is -2.42. The summed E-state index contributed by atoms with van der Waals surface area (Å²) in [5, 5.41) is 22.9. The van der Waals surface area contributed by atoms with Crippen molar-refractivity contribution >= 4 is 22.6 Å². The molecule has 2 N–H and O–H groups in total. The number of hydrogen-bond donors (Lipinski definition) is 2. The lowest BCUT2D eigenvalue weighted by Crippen LogP contribution is -2.51. The summed E-state index contributed by atoms with van der Waals surface area (Å²) in [4.78, 5) is 17.3. The van der Waals surface area contributed by atoms with Crippen molar-refractivity contribution in [3.05, 3.63) is 35.5 Å². The normalized spacial score (nSPS) is 19.4. The van der Waals surface area contributed by atoms with Gasteiger partial charge in [0, 0.05) is 23.7 Å². The molecular formula is C19H22N4O2. The van der Waals surface area contributed by atoms with Crippen molar-refractivity contribution in [2.75, 3.05) is 18.4 Å². The van der Waals surface area contributed by atoms with Gasteiger partial charge in [-0.2, -0.15) is 5.26 Å². The van der Waals surface area contributed by atoms with Gasteiger partial charge in [0.15, 0.2) is 0 Å². The molecule has 0 aliphatic heterocycles. The van der Waals surface area contributed by atoms with Crippen LogP contribution in [0.3, 0.4) is 0 Å². The molecule has 0 atom stereocenters. The van der Waals surface area contributed by atoms with Gasteiger partial charge in [-0.1, -0.05) is 18.6 Å². The number of fused-ring (bicyclic) bond motifs is 1. The number of aryl methyl sites for hydroxylation is 1. The molecule has 0 bridgehead atoms. The van der Waals surface area contributed by atoms with Crippen molar-refractivity contribution < 1.29 is 9.90 Å². The van der Waals surface area contributed by atoms with Crippen molar-refractivity contribution in [1.29, 1.82) is 5.26 Å². The Balaban J connectivity index is 1.77. The molecule has 0 saturated heterocycles. The number of aliphatic carboxylic acids is 1. The summed E-state index contributed by atoms with van der Waals surface area (Å²) in [7, 11) is 0. The first-order valence-electron chi connectivity index (χ1n) is 8.53. The van der Waals surface area contributed by atoms with E-state index in [1.54, 1.807) is 6.20 Å². The smallest absolute Gasteiger partial charge is 0.317 e. The molecule has 1 heterocycles. The summed E-state index contributed by atoms with van der Waals surface area (Å²) in [6.45, 7) is 4.81. The highest BCUT2D eigenvalue weighted by molar-refractivity contribution is 5.94. The number of carboxylic acids is 1. The molecule has 1 fully saturated rings. The molecular weight excluding hydrogens is 316 g/mol. The van der Waals surface area contributed by atoms with Gasteiger partial charge < -0.3 is 10.4 Å². The van der Waals surface area contributed by atoms with Crippen molar-refractivity contribution in [2.45, 2.75) is 38.8 Å². The average molecular weight is 338 g/mol. The van der Waals surface area contributed by atoms with Gasteiger partial charge in [-0.15, -0.1) is 0 Å². The predicted octanol–water partition coefficient (Wildman–Crippen LogP) is 2.76. The maximum absolute atomic E-state index is 10.9. The molecule has 0 spiro atoms. The Morgan fingerprint density at radius 2 is 2.24 bits per heavy atom. The van der Waals surface area contributed by atoms with Crippen LogP contribution in [0.25, 0.3) is 10.9 Å². The van der Waals surface area contributed by atoms with Crippen LogP contribution in [0, 0.1) is 18.3 Å². The highest BCUT2D eigenvalue weighted by atomic mass is 16.4. The highest BCUT2D eigenvalue weighted by Crippen LogP contribution is 2.33. The van der Waals surface area contributed by atoms with E-state index >= 15 is 0 Å². The van der Waals surface area contributed by atoms with Gasteiger partial charge in [-0.25, -0.2) is 0 Å². The Labute approximate surface area is 147 Å². The quantitative estimate of drug-likeness (QED) is 0.842. The number of nitrogens with one attached hydrogen (secondary N) is 1. The standard InChI is InChI=1S/C19H22N4O2/c1-3-23(11-18(24)25)15-7-14(8-15)22-19-13(9-20)10-21-17-5-4-12(2)6-16(17)19/h4-6,10,14-15H,3,7-8,11H2,1-2H3,(H,21,22)(H,24,25). The zero-order valence-corrected chi connectivity index (χ0v) is 14.5. The number of carbonyl (C=O) groups is 1. The fourth-order valence-corrected chi connectivity index (χ4v) is 3.43. The molecule has 1 aromatic heterocycles. The zero-order valence-electron chi connectivity index (χ0n) is 14.5. The fraction of sp³-hybridized carbons (Fsp3) is 0.421. The second-order valence-corrected chi connectivity index (χ2v) is 6.60. The topological polar surface area (TPSA) is 89.3 Å². The molecule has 6 heteroatoms. The summed E-state index contributed by atoms with van der Waals surface area (Å²) in [6, 6.07) is 8.76. The fourth-order valence-electron chi connectivity index (χ4n) is 3.43. The van der Waals surface area contributed by atoms with Crippen LogP contribution in [0.1, 0.15) is 30.9 Å². The number of anilines is 1. The van der Waals surface area contributed by atoms with Gasteiger partial charge in [0.1, 0.15) is 6.07 Å². The van der Waals surface area contributed by atoms with Gasteiger partial charge >= 0.3 is 5.97 Å². The third kappa shape index (κ3) is 3.57. The molecule has 25 heavy (non-hydrogen) atoms. The number of rotatable bonds is 6. The Hall–Kier alpha value is -2.65. The van der Waals surface area contributed by atoms with E-state index in [-0.39, 0.29) is 18.6 Å². The summed E-state index contributed by atoms with van der Waals surface area (Å²) in [6.07, 6.45) is 3.36. The summed E-state index contributed by atoms with van der Waals surface area (Å²) < 4.78 is 0. The number of nitrogens with zero attached hydrogens (tertiary/aromatic N) is 3. The molecule has 0 unspecified atom stereocenters. The van der Waals surface area contributed by atoms with Gasteiger partial charge in [0.05, 0.1) is 23.3 Å². The number of nitriles is 1. The van der Waals surface area contributed by atoms with Crippen molar-refractivity contribution in [3.8, 4) is 6.07 Å². The monoisotopic (exact) mass is 338 g/mol. The molecule has 1 aliphatic carbocycles. The number of hydrogen-bond acceptors (Lipinski definition) is 5. The van der Waals surface area contributed by atoms with Crippen LogP contribution < -0.4 is 5.32 Å². The number of carboxylic acid groups (broad SMARTS) is 1. The van der Waals surface area contributed by atoms with Gasteiger partial charge in [-0.3, -0.25) is 14.7 Å². The maximum atomic E-state index is 10.9. The van der Waals surface area contributed by atoms with Crippen LogP contribution in [0.2, 0.25) is 0 Å². The molecule has 0 radical (unpaired) electrons. The SMILES string of the molecule is CCN(CC(=O)O)C1CC(Nc2c(C#N)cnc3ccc(C)cc23)C1. The predicted molar refractivity (Wildman–Crippen MR) is 96.5 cm³/mol. The molecule has 1 aromatic carbocycles. The molecule has 130 valence electrons. The van der Waals surface area contributed by atoms with Crippen LogP contribution in [0.15, 0.2) is 24.4 Å². The number of pyridine rings is 1.